The van der Waals surface area contributed by atoms with Crippen LogP contribution in [0.2, 0.25) is 0 Å². The fraction of sp³-hybridized carbons (Fsp3) is 0.833. The van der Waals surface area contributed by atoms with E-state index in [1.807, 2.05) is 13.8 Å². The zero-order chi connectivity index (χ0) is 13.1. The molecule has 0 aromatic rings. The molecule has 0 aromatic heterocycles. The molecule has 5 nitrogen and oxygen atoms in total. The molecule has 1 unspecified atom stereocenters. The highest BCUT2D eigenvalue weighted by Gasteiger charge is 2.39. The molecule has 0 bridgehead atoms. The Morgan fingerprint density at radius 2 is 2.06 bits per heavy atom. The summed E-state index contributed by atoms with van der Waals surface area (Å²) in [6.45, 7) is 3.95. The molecule has 1 saturated carbocycles. The maximum Gasteiger partial charge on any atom is 0.228 e. The summed E-state index contributed by atoms with van der Waals surface area (Å²) in [5, 5.41) is 11.5. The normalized spacial score (nSPS) is 21.2. The van der Waals surface area contributed by atoms with E-state index in [2.05, 4.69) is 5.16 Å². The van der Waals surface area contributed by atoms with Crippen molar-refractivity contribution in [1.82, 2.24) is 4.90 Å². The summed E-state index contributed by atoms with van der Waals surface area (Å²) in [5.41, 5.74) is 5.25. The zero-order valence-electron chi connectivity index (χ0n) is 10.9. The van der Waals surface area contributed by atoms with Crippen molar-refractivity contribution in [3.05, 3.63) is 0 Å². The predicted octanol–water partition coefficient (Wildman–Crippen LogP) is 1.55. The van der Waals surface area contributed by atoms with Gasteiger partial charge in [0.05, 0.1) is 0 Å². The van der Waals surface area contributed by atoms with E-state index in [0.717, 1.165) is 25.7 Å². The molecule has 0 spiro atoms. The highest BCUT2D eigenvalue weighted by molar-refractivity contribution is 5.84. The second kappa shape index (κ2) is 5.38. The van der Waals surface area contributed by atoms with Crippen LogP contribution in [0.25, 0.3) is 0 Å². The quantitative estimate of drug-likeness (QED) is 0.339. The molecular formula is C12H23N3O2. The lowest BCUT2D eigenvalue weighted by atomic mass is 9.87. The molecule has 1 aliphatic carbocycles. The number of carbonyl (C=O) groups excluding carboxylic acids is 1. The topological polar surface area (TPSA) is 78.9 Å². The predicted molar refractivity (Wildman–Crippen MR) is 66.8 cm³/mol. The monoisotopic (exact) mass is 241 g/mol. The smallest absolute Gasteiger partial charge is 0.228 e. The van der Waals surface area contributed by atoms with E-state index in [1.165, 1.54) is 0 Å². The van der Waals surface area contributed by atoms with Crippen molar-refractivity contribution in [3.63, 3.8) is 0 Å². The number of carbonyl (C=O) groups is 1. The molecule has 1 rings (SSSR count). The van der Waals surface area contributed by atoms with Crippen LogP contribution in [0.1, 0.15) is 46.0 Å². The number of hydrogen-bond acceptors (Lipinski definition) is 3. The molecule has 1 fully saturated rings. The standard InChI is InChI=1S/C12H23N3O2/c1-9(8-10(13)14-17)15(3)11(16)12(2)6-4-5-7-12/h9,17H,4-8H2,1-3H3,(H2,13,14). The van der Waals surface area contributed by atoms with Crippen LogP contribution in [-0.2, 0) is 4.79 Å². The average molecular weight is 241 g/mol. The van der Waals surface area contributed by atoms with Crippen molar-refractivity contribution >= 4 is 11.7 Å². The SMILES string of the molecule is CC(CC(N)=NO)N(C)C(=O)C1(C)CCCC1. The van der Waals surface area contributed by atoms with Crippen molar-refractivity contribution in [1.29, 1.82) is 0 Å². The van der Waals surface area contributed by atoms with Gasteiger partial charge in [-0.05, 0) is 19.8 Å². The lowest BCUT2D eigenvalue weighted by molar-refractivity contribution is -0.141. The third-order valence-electron chi connectivity index (χ3n) is 3.84. The molecule has 3 N–H and O–H groups in total. The Bertz CT molecular complexity index is 309. The number of hydrogen-bond donors (Lipinski definition) is 2. The van der Waals surface area contributed by atoms with Gasteiger partial charge in [-0.15, -0.1) is 0 Å². The summed E-state index contributed by atoms with van der Waals surface area (Å²) in [6, 6.07) is -0.0455. The van der Waals surface area contributed by atoms with Gasteiger partial charge in [-0.25, -0.2) is 0 Å². The van der Waals surface area contributed by atoms with Gasteiger partial charge in [0.2, 0.25) is 5.91 Å². The van der Waals surface area contributed by atoms with Crippen LogP contribution in [0.4, 0.5) is 0 Å². The van der Waals surface area contributed by atoms with E-state index >= 15 is 0 Å². The second-order valence-electron chi connectivity index (χ2n) is 5.33. The van der Waals surface area contributed by atoms with Gasteiger partial charge in [-0.2, -0.15) is 0 Å². The van der Waals surface area contributed by atoms with E-state index in [4.69, 9.17) is 10.9 Å². The lowest BCUT2D eigenvalue weighted by Crippen LogP contribution is -2.44. The summed E-state index contributed by atoms with van der Waals surface area (Å²) in [6.07, 6.45) is 4.59. The van der Waals surface area contributed by atoms with E-state index in [0.29, 0.717) is 6.42 Å². The Balaban J connectivity index is 2.62. The highest BCUT2D eigenvalue weighted by Crippen LogP contribution is 2.39. The van der Waals surface area contributed by atoms with Crippen molar-refractivity contribution in [2.45, 2.75) is 52.0 Å². The fourth-order valence-corrected chi connectivity index (χ4v) is 2.48. The first-order valence-corrected chi connectivity index (χ1v) is 6.14. The van der Waals surface area contributed by atoms with Crippen molar-refractivity contribution in [3.8, 4) is 0 Å². The van der Waals surface area contributed by atoms with Crippen LogP contribution in [-0.4, -0.2) is 34.9 Å². The van der Waals surface area contributed by atoms with Gasteiger partial charge in [-0.3, -0.25) is 4.79 Å². The molecule has 98 valence electrons. The largest absolute Gasteiger partial charge is 0.409 e. The summed E-state index contributed by atoms with van der Waals surface area (Å²) in [5.74, 6) is 0.335. The number of oxime groups is 1. The molecule has 0 radical (unpaired) electrons. The zero-order valence-corrected chi connectivity index (χ0v) is 10.9. The summed E-state index contributed by atoms with van der Waals surface area (Å²) < 4.78 is 0. The van der Waals surface area contributed by atoms with Crippen molar-refractivity contribution in [2.75, 3.05) is 7.05 Å². The molecular weight excluding hydrogens is 218 g/mol. The summed E-state index contributed by atoms with van der Waals surface area (Å²) in [4.78, 5) is 14.1. The first-order chi connectivity index (χ1) is 7.90. The molecule has 1 aliphatic rings. The number of amides is 1. The highest BCUT2D eigenvalue weighted by atomic mass is 16.4. The number of amidine groups is 1. The minimum Gasteiger partial charge on any atom is -0.409 e. The second-order valence-corrected chi connectivity index (χ2v) is 5.33. The number of nitrogens with two attached hydrogens (primary N) is 1. The van der Waals surface area contributed by atoms with Gasteiger partial charge < -0.3 is 15.8 Å². The Morgan fingerprint density at radius 3 is 2.53 bits per heavy atom. The molecule has 0 heterocycles. The molecule has 0 saturated heterocycles. The van der Waals surface area contributed by atoms with Gasteiger partial charge in [-0.1, -0.05) is 24.9 Å². The minimum atomic E-state index is -0.214. The summed E-state index contributed by atoms with van der Waals surface area (Å²) >= 11 is 0. The van der Waals surface area contributed by atoms with Crippen molar-refractivity contribution < 1.29 is 10.0 Å². The van der Waals surface area contributed by atoms with Crippen LogP contribution in [0.15, 0.2) is 5.16 Å². The molecule has 5 heteroatoms. The maximum absolute atomic E-state index is 12.4. The van der Waals surface area contributed by atoms with Crippen LogP contribution >= 0.6 is 0 Å². The Hall–Kier alpha value is -1.26. The van der Waals surface area contributed by atoms with Gasteiger partial charge in [0, 0.05) is 24.9 Å². The third kappa shape index (κ3) is 3.11. The molecule has 0 aromatic carbocycles. The van der Waals surface area contributed by atoms with Crippen molar-refractivity contribution in [2.24, 2.45) is 16.3 Å². The first kappa shape index (κ1) is 13.8. The molecule has 0 aliphatic heterocycles. The van der Waals surface area contributed by atoms with Gasteiger partial charge in [0.25, 0.3) is 0 Å². The molecule has 17 heavy (non-hydrogen) atoms. The summed E-state index contributed by atoms with van der Waals surface area (Å²) in [7, 11) is 1.79. The van der Waals surface area contributed by atoms with Crippen LogP contribution in [0.3, 0.4) is 0 Å². The minimum absolute atomic E-state index is 0.0455. The van der Waals surface area contributed by atoms with Gasteiger partial charge >= 0.3 is 0 Å². The molecule has 1 atom stereocenters. The third-order valence-corrected chi connectivity index (χ3v) is 3.84. The maximum atomic E-state index is 12.4. The van der Waals surface area contributed by atoms with Crippen LogP contribution in [0.5, 0.6) is 0 Å². The Labute approximate surface area is 103 Å². The van der Waals surface area contributed by atoms with Crippen LogP contribution < -0.4 is 5.73 Å². The lowest BCUT2D eigenvalue weighted by Gasteiger charge is -2.32. The average Bonchev–Trinajstić information content (AvgIpc) is 2.75. The number of rotatable bonds is 4. The van der Waals surface area contributed by atoms with E-state index in [9.17, 15) is 4.79 Å². The van der Waals surface area contributed by atoms with E-state index in [-0.39, 0.29) is 23.2 Å². The van der Waals surface area contributed by atoms with Crippen LogP contribution in [0, 0.1) is 5.41 Å². The first-order valence-electron chi connectivity index (χ1n) is 6.14. The number of nitrogens with zero attached hydrogens (tertiary/aromatic N) is 2. The Kier molecular flexibility index (Phi) is 4.37. The molecule has 1 amide bonds. The van der Waals surface area contributed by atoms with Gasteiger partial charge in [0.1, 0.15) is 5.84 Å². The fourth-order valence-electron chi connectivity index (χ4n) is 2.48. The van der Waals surface area contributed by atoms with E-state index in [1.54, 1.807) is 11.9 Å². The van der Waals surface area contributed by atoms with Gasteiger partial charge in [0.15, 0.2) is 0 Å². The Morgan fingerprint density at radius 1 is 1.53 bits per heavy atom. The van der Waals surface area contributed by atoms with E-state index < -0.39 is 0 Å².